The summed E-state index contributed by atoms with van der Waals surface area (Å²) in [6.07, 6.45) is 0.271. The van der Waals surface area contributed by atoms with Gasteiger partial charge in [-0.05, 0) is 35.4 Å². The average molecular weight is 354 g/mol. The number of halogens is 3. The van der Waals surface area contributed by atoms with Gasteiger partial charge in [-0.2, -0.15) is 0 Å². The topological polar surface area (TPSA) is 20.3 Å². The van der Waals surface area contributed by atoms with Gasteiger partial charge in [0.15, 0.2) is 11.6 Å². The molecular weight excluding hydrogens is 340 g/mol. The Labute approximate surface area is 130 Å². The highest BCUT2D eigenvalue weighted by molar-refractivity contribution is 9.10. The summed E-state index contributed by atoms with van der Waals surface area (Å²) in [4.78, 5) is 13.6. The number of carbonyl (C=O) groups is 1. The second-order valence-electron chi connectivity index (χ2n) is 4.80. The number of amides is 1. The van der Waals surface area contributed by atoms with Crippen molar-refractivity contribution in [3.8, 4) is 0 Å². The van der Waals surface area contributed by atoms with Crippen LogP contribution in [-0.2, 0) is 17.8 Å². The lowest BCUT2D eigenvalue weighted by Gasteiger charge is -2.17. The fraction of sp³-hybridized carbons (Fsp3) is 0.188. The molecule has 0 aromatic heterocycles. The Morgan fingerprint density at radius 1 is 1.05 bits per heavy atom. The van der Waals surface area contributed by atoms with Gasteiger partial charge in [0.25, 0.3) is 0 Å². The third-order valence-corrected chi connectivity index (χ3v) is 3.63. The van der Waals surface area contributed by atoms with Crippen molar-refractivity contribution < 1.29 is 13.6 Å². The summed E-state index contributed by atoms with van der Waals surface area (Å²) in [6.45, 7) is 0.243. The summed E-state index contributed by atoms with van der Waals surface area (Å²) in [5, 5.41) is 0. The lowest BCUT2D eigenvalue weighted by Crippen LogP contribution is -2.27. The van der Waals surface area contributed by atoms with E-state index in [1.807, 2.05) is 24.3 Å². The molecule has 0 atom stereocenters. The Morgan fingerprint density at radius 2 is 1.67 bits per heavy atom. The van der Waals surface area contributed by atoms with Crippen molar-refractivity contribution >= 4 is 21.8 Å². The molecule has 1 amide bonds. The van der Waals surface area contributed by atoms with Crippen molar-refractivity contribution in [1.82, 2.24) is 4.90 Å². The molecule has 2 nitrogen and oxygen atoms in total. The quantitative estimate of drug-likeness (QED) is 0.815. The highest BCUT2D eigenvalue weighted by atomic mass is 79.9. The first-order chi connectivity index (χ1) is 9.95. The Hall–Kier alpha value is -1.75. The van der Waals surface area contributed by atoms with Gasteiger partial charge in [-0.3, -0.25) is 4.79 Å². The predicted molar refractivity (Wildman–Crippen MR) is 80.7 cm³/mol. The summed E-state index contributed by atoms with van der Waals surface area (Å²) in [6, 6.07) is 11.1. The molecule has 0 saturated heterocycles. The summed E-state index contributed by atoms with van der Waals surface area (Å²) in [5.74, 6) is -1.87. The SMILES string of the molecule is CN(Cc1ccc(F)c(F)c1)C(=O)Cc1ccc(Br)cc1. The molecule has 0 aliphatic heterocycles. The zero-order chi connectivity index (χ0) is 15.4. The minimum absolute atomic E-state index is 0.0814. The second kappa shape index (κ2) is 6.80. The minimum Gasteiger partial charge on any atom is -0.341 e. The molecule has 0 aliphatic carbocycles. The van der Waals surface area contributed by atoms with Crippen molar-refractivity contribution in [2.24, 2.45) is 0 Å². The van der Waals surface area contributed by atoms with E-state index in [2.05, 4.69) is 15.9 Å². The molecule has 21 heavy (non-hydrogen) atoms. The van der Waals surface area contributed by atoms with Crippen LogP contribution in [0.5, 0.6) is 0 Å². The Balaban J connectivity index is 1.98. The number of hydrogen-bond acceptors (Lipinski definition) is 1. The van der Waals surface area contributed by atoms with Gasteiger partial charge < -0.3 is 4.90 Å². The maximum atomic E-state index is 13.1. The van der Waals surface area contributed by atoms with Crippen LogP contribution in [0.3, 0.4) is 0 Å². The molecule has 0 bridgehead atoms. The zero-order valence-corrected chi connectivity index (χ0v) is 13.0. The predicted octanol–water partition coefficient (Wildman–Crippen LogP) is 3.93. The lowest BCUT2D eigenvalue weighted by atomic mass is 10.1. The van der Waals surface area contributed by atoms with Crippen LogP contribution in [0.4, 0.5) is 8.78 Å². The van der Waals surface area contributed by atoms with Crippen LogP contribution in [0, 0.1) is 11.6 Å². The third kappa shape index (κ3) is 4.36. The van der Waals surface area contributed by atoms with Crippen LogP contribution in [0.25, 0.3) is 0 Å². The van der Waals surface area contributed by atoms with Crippen LogP contribution in [0.1, 0.15) is 11.1 Å². The van der Waals surface area contributed by atoms with E-state index in [1.54, 1.807) is 7.05 Å². The van der Waals surface area contributed by atoms with E-state index in [9.17, 15) is 13.6 Å². The smallest absolute Gasteiger partial charge is 0.227 e. The van der Waals surface area contributed by atoms with E-state index in [0.29, 0.717) is 5.56 Å². The van der Waals surface area contributed by atoms with E-state index in [0.717, 1.165) is 22.2 Å². The largest absolute Gasteiger partial charge is 0.341 e. The standard InChI is InChI=1S/C16H14BrF2NO/c1-20(10-12-4-7-14(18)15(19)8-12)16(21)9-11-2-5-13(17)6-3-11/h2-8H,9-10H2,1H3. The fourth-order valence-corrected chi connectivity index (χ4v) is 2.18. The normalized spacial score (nSPS) is 10.5. The van der Waals surface area contributed by atoms with Crippen molar-refractivity contribution in [2.45, 2.75) is 13.0 Å². The van der Waals surface area contributed by atoms with E-state index in [4.69, 9.17) is 0 Å². The van der Waals surface area contributed by atoms with Crippen LogP contribution in [0.15, 0.2) is 46.9 Å². The van der Waals surface area contributed by atoms with Crippen molar-refractivity contribution in [3.63, 3.8) is 0 Å². The molecule has 5 heteroatoms. The Bertz CT molecular complexity index is 643. The number of likely N-dealkylation sites (N-methyl/N-ethyl adjacent to an activating group) is 1. The lowest BCUT2D eigenvalue weighted by molar-refractivity contribution is -0.129. The highest BCUT2D eigenvalue weighted by Crippen LogP contribution is 2.13. The van der Waals surface area contributed by atoms with Gasteiger partial charge in [-0.1, -0.05) is 34.1 Å². The van der Waals surface area contributed by atoms with Crippen LogP contribution in [0.2, 0.25) is 0 Å². The van der Waals surface area contributed by atoms with Crippen molar-refractivity contribution in [3.05, 3.63) is 69.7 Å². The van der Waals surface area contributed by atoms with E-state index < -0.39 is 11.6 Å². The monoisotopic (exact) mass is 353 g/mol. The molecule has 0 N–H and O–H groups in total. The molecule has 0 heterocycles. The molecule has 0 spiro atoms. The molecule has 0 saturated carbocycles. The average Bonchev–Trinajstić information content (AvgIpc) is 2.45. The summed E-state index contributed by atoms with van der Waals surface area (Å²) in [5.41, 5.74) is 1.46. The molecule has 0 aliphatic rings. The molecule has 2 aromatic carbocycles. The van der Waals surface area contributed by atoms with Gasteiger partial charge in [-0.25, -0.2) is 8.78 Å². The molecular formula is C16H14BrF2NO. The number of carbonyl (C=O) groups excluding carboxylic acids is 1. The molecule has 0 radical (unpaired) electrons. The van der Waals surface area contributed by atoms with Crippen LogP contribution >= 0.6 is 15.9 Å². The van der Waals surface area contributed by atoms with Gasteiger partial charge >= 0.3 is 0 Å². The number of benzene rings is 2. The summed E-state index contributed by atoms with van der Waals surface area (Å²) in [7, 11) is 1.64. The van der Waals surface area contributed by atoms with Gasteiger partial charge in [0.2, 0.25) is 5.91 Å². The zero-order valence-electron chi connectivity index (χ0n) is 11.4. The summed E-state index contributed by atoms with van der Waals surface area (Å²) < 4.78 is 26.9. The maximum absolute atomic E-state index is 13.1. The first kappa shape index (κ1) is 15.6. The number of nitrogens with zero attached hydrogens (tertiary/aromatic N) is 1. The maximum Gasteiger partial charge on any atom is 0.227 e. The van der Waals surface area contributed by atoms with E-state index in [1.165, 1.54) is 11.0 Å². The van der Waals surface area contributed by atoms with Crippen LogP contribution < -0.4 is 0 Å². The molecule has 2 rings (SSSR count). The first-order valence-electron chi connectivity index (χ1n) is 6.38. The van der Waals surface area contributed by atoms with Gasteiger partial charge in [0, 0.05) is 18.1 Å². The number of hydrogen-bond donors (Lipinski definition) is 0. The molecule has 110 valence electrons. The fourth-order valence-electron chi connectivity index (χ4n) is 1.91. The molecule has 0 unspecified atom stereocenters. The minimum atomic E-state index is -0.902. The second-order valence-corrected chi connectivity index (χ2v) is 5.72. The van der Waals surface area contributed by atoms with Crippen molar-refractivity contribution in [2.75, 3.05) is 7.05 Å². The van der Waals surface area contributed by atoms with Gasteiger partial charge in [-0.15, -0.1) is 0 Å². The van der Waals surface area contributed by atoms with Gasteiger partial charge in [0.05, 0.1) is 6.42 Å². The molecule has 0 fully saturated rings. The third-order valence-electron chi connectivity index (χ3n) is 3.10. The Morgan fingerprint density at radius 3 is 2.29 bits per heavy atom. The molecule has 2 aromatic rings. The van der Waals surface area contributed by atoms with E-state index >= 15 is 0 Å². The van der Waals surface area contributed by atoms with Crippen molar-refractivity contribution in [1.29, 1.82) is 0 Å². The Kier molecular flexibility index (Phi) is 5.07. The summed E-state index contributed by atoms with van der Waals surface area (Å²) >= 11 is 3.34. The van der Waals surface area contributed by atoms with Gasteiger partial charge in [0.1, 0.15) is 0 Å². The van der Waals surface area contributed by atoms with Crippen LogP contribution in [-0.4, -0.2) is 17.9 Å². The first-order valence-corrected chi connectivity index (χ1v) is 7.17. The number of rotatable bonds is 4. The highest BCUT2D eigenvalue weighted by Gasteiger charge is 2.11. The van der Waals surface area contributed by atoms with E-state index in [-0.39, 0.29) is 18.9 Å².